The molecule has 0 fully saturated rings. The van der Waals surface area contributed by atoms with Crippen LogP contribution in [0.4, 0.5) is 0 Å². The zero-order chi connectivity index (χ0) is 29.5. The van der Waals surface area contributed by atoms with Crippen LogP contribution in [0.25, 0.3) is 0 Å². The van der Waals surface area contributed by atoms with Crippen LogP contribution < -0.4 is 0 Å². The molecule has 3 N–H and O–H groups in total. The van der Waals surface area contributed by atoms with Crippen LogP contribution >= 0.6 is 0 Å². The highest BCUT2D eigenvalue weighted by Crippen LogP contribution is 2.32. The molecule has 3 unspecified atom stereocenters. The van der Waals surface area contributed by atoms with Gasteiger partial charge < -0.3 is 15.3 Å². The lowest BCUT2D eigenvalue weighted by Gasteiger charge is -2.49. The van der Waals surface area contributed by atoms with E-state index in [-0.39, 0.29) is 25.8 Å². The molecule has 0 aromatic carbocycles. The zero-order valence-electron chi connectivity index (χ0n) is 25.8. The summed E-state index contributed by atoms with van der Waals surface area (Å²) in [6, 6.07) is -3.17. The zero-order valence-corrected chi connectivity index (χ0v) is 25.8. The summed E-state index contributed by atoms with van der Waals surface area (Å²) in [5, 5.41) is 30.0. The number of nitrogens with zero attached hydrogens (tertiary/aromatic N) is 1. The normalized spacial score (nSPS) is 15.4. The van der Waals surface area contributed by atoms with Gasteiger partial charge in [-0.2, -0.15) is 0 Å². The van der Waals surface area contributed by atoms with Crippen LogP contribution in [0.2, 0.25) is 0 Å². The van der Waals surface area contributed by atoms with Gasteiger partial charge in [0.15, 0.2) is 18.1 Å². The van der Waals surface area contributed by atoms with Crippen molar-refractivity contribution in [2.45, 2.75) is 181 Å². The number of hydrogen-bond acceptors (Lipinski definition) is 3. The minimum Gasteiger partial charge on any atom is -0.477 e. The molecule has 7 heteroatoms. The van der Waals surface area contributed by atoms with E-state index in [2.05, 4.69) is 6.92 Å². The molecule has 0 aliphatic heterocycles. The van der Waals surface area contributed by atoms with E-state index in [1.165, 1.54) is 89.9 Å². The molecule has 0 aliphatic rings. The first-order chi connectivity index (χ1) is 18.7. The van der Waals surface area contributed by atoms with Crippen LogP contribution in [0.1, 0.15) is 163 Å². The fourth-order valence-corrected chi connectivity index (χ4v) is 6.57. The Labute approximate surface area is 239 Å². The Morgan fingerprint density at radius 3 is 0.872 bits per heavy atom. The van der Waals surface area contributed by atoms with E-state index in [1.807, 2.05) is 0 Å². The SMILES string of the molecule is CCCCCCCCCCCCCCCCCCCC[N+](C(CC)C(=O)O)(C(CC)C(=O)O)C(CC)C(=O)O. The minimum atomic E-state index is -1.11. The van der Waals surface area contributed by atoms with Gasteiger partial charge in [-0.15, -0.1) is 0 Å². The third-order valence-corrected chi connectivity index (χ3v) is 8.66. The highest BCUT2D eigenvalue weighted by atomic mass is 16.4. The van der Waals surface area contributed by atoms with Crippen LogP contribution in [0, 0.1) is 0 Å². The molecule has 0 amide bonds. The van der Waals surface area contributed by atoms with Crippen molar-refractivity contribution in [3.8, 4) is 0 Å². The molecule has 0 aliphatic carbocycles. The first kappa shape index (κ1) is 37.4. The summed E-state index contributed by atoms with van der Waals surface area (Å²) in [5.41, 5.74) is 0. The van der Waals surface area contributed by atoms with Gasteiger partial charge in [0.1, 0.15) is 0 Å². The predicted molar refractivity (Wildman–Crippen MR) is 159 cm³/mol. The fraction of sp³-hybridized carbons (Fsp3) is 0.906. The van der Waals surface area contributed by atoms with Gasteiger partial charge in [0.25, 0.3) is 0 Å². The average Bonchev–Trinajstić information content (AvgIpc) is 2.88. The number of carboxylic acids is 3. The molecule has 0 rings (SSSR count). The van der Waals surface area contributed by atoms with E-state index < -0.39 is 40.5 Å². The van der Waals surface area contributed by atoms with E-state index >= 15 is 0 Å². The minimum absolute atomic E-state index is 0.196. The molecule has 0 aromatic rings. The number of carboxylic acid groups (broad SMARTS) is 3. The largest absolute Gasteiger partial charge is 0.477 e. The lowest BCUT2D eigenvalue weighted by atomic mass is 9.93. The molecule has 0 spiro atoms. The number of hydrogen-bond donors (Lipinski definition) is 3. The van der Waals surface area contributed by atoms with Crippen LogP contribution in [0.5, 0.6) is 0 Å². The maximum absolute atomic E-state index is 12.3. The first-order valence-corrected chi connectivity index (χ1v) is 16.3. The molecule has 0 bridgehead atoms. The Hall–Kier alpha value is -1.63. The molecule has 0 saturated carbocycles. The molecule has 230 valence electrons. The van der Waals surface area contributed by atoms with Gasteiger partial charge in [0.2, 0.25) is 0 Å². The van der Waals surface area contributed by atoms with Crippen LogP contribution in [-0.2, 0) is 14.4 Å². The van der Waals surface area contributed by atoms with Gasteiger partial charge in [-0.25, -0.2) is 14.4 Å². The second-order valence-corrected chi connectivity index (χ2v) is 11.5. The molecule has 0 aromatic heterocycles. The number of unbranched alkanes of at least 4 members (excludes halogenated alkanes) is 17. The van der Waals surface area contributed by atoms with Crippen molar-refractivity contribution >= 4 is 17.9 Å². The second-order valence-electron chi connectivity index (χ2n) is 11.5. The molecule has 7 nitrogen and oxygen atoms in total. The molecule has 0 radical (unpaired) electrons. The number of rotatable bonds is 28. The summed E-state index contributed by atoms with van der Waals surface area (Å²) in [4.78, 5) is 36.8. The predicted octanol–water partition coefficient (Wildman–Crippen LogP) is 8.43. The van der Waals surface area contributed by atoms with E-state index in [0.717, 1.165) is 19.3 Å². The maximum Gasteiger partial charge on any atom is 0.362 e. The molecular weight excluding hydrogens is 494 g/mol. The van der Waals surface area contributed by atoms with Crippen LogP contribution in [0.15, 0.2) is 0 Å². The maximum atomic E-state index is 12.3. The smallest absolute Gasteiger partial charge is 0.362 e. The van der Waals surface area contributed by atoms with E-state index in [1.54, 1.807) is 20.8 Å². The lowest BCUT2D eigenvalue weighted by Crippen LogP contribution is -2.72. The topological polar surface area (TPSA) is 112 Å². The van der Waals surface area contributed by atoms with E-state index in [4.69, 9.17) is 0 Å². The highest BCUT2D eigenvalue weighted by molar-refractivity contribution is 5.78. The van der Waals surface area contributed by atoms with Gasteiger partial charge in [0, 0.05) is 19.3 Å². The van der Waals surface area contributed by atoms with Crippen molar-refractivity contribution < 1.29 is 34.2 Å². The second kappa shape index (κ2) is 23.1. The van der Waals surface area contributed by atoms with Gasteiger partial charge >= 0.3 is 17.9 Å². The first-order valence-electron chi connectivity index (χ1n) is 16.3. The quantitative estimate of drug-likeness (QED) is 0.0658. The Morgan fingerprint density at radius 1 is 0.436 bits per heavy atom. The molecule has 3 atom stereocenters. The van der Waals surface area contributed by atoms with Crippen molar-refractivity contribution in [1.82, 2.24) is 0 Å². The molecular formula is C32H62NO6+. The van der Waals surface area contributed by atoms with E-state index in [0.29, 0.717) is 6.42 Å². The van der Waals surface area contributed by atoms with Crippen LogP contribution in [-0.4, -0.2) is 62.4 Å². The van der Waals surface area contributed by atoms with E-state index in [9.17, 15) is 29.7 Å². The molecule has 39 heavy (non-hydrogen) atoms. The Balaban J connectivity index is 4.52. The van der Waals surface area contributed by atoms with Crippen LogP contribution in [0.3, 0.4) is 0 Å². The van der Waals surface area contributed by atoms with Gasteiger partial charge in [-0.05, 0) is 12.8 Å². The average molecular weight is 557 g/mol. The van der Waals surface area contributed by atoms with Crippen molar-refractivity contribution in [2.24, 2.45) is 0 Å². The highest BCUT2D eigenvalue weighted by Gasteiger charge is 2.55. The Bertz CT molecular complexity index is 598. The number of quaternary nitrogens is 1. The molecule has 0 heterocycles. The third-order valence-electron chi connectivity index (χ3n) is 8.66. The Morgan fingerprint density at radius 2 is 0.667 bits per heavy atom. The summed E-state index contributed by atoms with van der Waals surface area (Å²) in [6.07, 6.45) is 23.0. The number of carbonyl (C=O) groups is 3. The summed E-state index contributed by atoms with van der Waals surface area (Å²) < 4.78 is -0.400. The van der Waals surface area contributed by atoms with Crippen molar-refractivity contribution in [1.29, 1.82) is 0 Å². The standard InChI is InChI=1S/C32H61NO6/c1-5-9-10-11-12-13-14-15-16-17-18-19-20-21-22-23-24-25-26-33(27(6-2)30(34)35,28(7-3)31(36)37)29(8-4)32(38)39/h27-29H,5-26H2,1-4H3,(H2-,34,35,36,37,38,39)/p+1. The van der Waals surface area contributed by atoms with Crippen molar-refractivity contribution in [3.05, 3.63) is 0 Å². The monoisotopic (exact) mass is 556 g/mol. The summed E-state index contributed by atoms with van der Waals surface area (Å²) in [5.74, 6) is -3.34. The molecule has 0 saturated heterocycles. The van der Waals surface area contributed by atoms with Gasteiger partial charge in [-0.3, -0.25) is 4.48 Å². The summed E-state index contributed by atoms with van der Waals surface area (Å²) in [6.45, 7) is 7.66. The van der Waals surface area contributed by atoms with Gasteiger partial charge in [-0.1, -0.05) is 130 Å². The lowest BCUT2D eigenvalue weighted by molar-refractivity contribution is -0.973. The van der Waals surface area contributed by atoms with Crippen molar-refractivity contribution in [2.75, 3.05) is 6.54 Å². The number of aliphatic carboxylic acids is 3. The van der Waals surface area contributed by atoms with Crippen molar-refractivity contribution in [3.63, 3.8) is 0 Å². The summed E-state index contributed by atoms with van der Waals surface area (Å²) in [7, 11) is 0. The fourth-order valence-electron chi connectivity index (χ4n) is 6.57. The summed E-state index contributed by atoms with van der Waals surface area (Å²) >= 11 is 0. The third kappa shape index (κ3) is 14.0. The Kier molecular flexibility index (Phi) is 22.1. The van der Waals surface area contributed by atoms with Gasteiger partial charge in [0.05, 0.1) is 6.54 Å².